The normalized spacial score (nSPS) is 11.6. The van der Waals surface area contributed by atoms with Gasteiger partial charge in [0, 0.05) is 20.0 Å². The number of nitrogens with one attached hydrogen (secondary N) is 1. The molecule has 1 rings (SSSR count). The van der Waals surface area contributed by atoms with Gasteiger partial charge in [0.2, 0.25) is 0 Å². The number of hydrogen-bond acceptors (Lipinski definition) is 4. The molecule has 0 bridgehead atoms. The summed E-state index contributed by atoms with van der Waals surface area (Å²) < 4.78 is 1.57. The van der Waals surface area contributed by atoms with Crippen molar-refractivity contribution in [3.63, 3.8) is 0 Å². The van der Waals surface area contributed by atoms with E-state index in [-0.39, 0.29) is 11.7 Å². The van der Waals surface area contributed by atoms with Crippen LogP contribution in [0.1, 0.15) is 35.9 Å². The Bertz CT molecular complexity index is 439. The van der Waals surface area contributed by atoms with Crippen LogP contribution in [0.4, 0.5) is 0 Å². The van der Waals surface area contributed by atoms with E-state index in [1.807, 2.05) is 6.92 Å². The molecule has 1 amide bonds. The lowest BCUT2D eigenvalue weighted by molar-refractivity contribution is 0.0944. The third-order valence-electron chi connectivity index (χ3n) is 2.55. The number of nitrogens with two attached hydrogens (primary N) is 1. The number of hydrogen-bond donors (Lipinski definition) is 3. The minimum absolute atomic E-state index is 0.163. The second-order valence-corrected chi connectivity index (χ2v) is 3.95. The highest BCUT2D eigenvalue weighted by Gasteiger charge is 2.11. The molecular formula is C11H19N5O2. The van der Waals surface area contributed by atoms with Crippen molar-refractivity contribution in [3.8, 4) is 0 Å². The topological polar surface area (TPSA) is 106 Å². The first-order valence-electron chi connectivity index (χ1n) is 5.86. The maximum Gasteiger partial charge on any atom is 0.269 e. The summed E-state index contributed by atoms with van der Waals surface area (Å²) in [5.74, 6) is 0.00209. The van der Waals surface area contributed by atoms with Crippen molar-refractivity contribution in [1.29, 1.82) is 0 Å². The lowest BCUT2D eigenvalue weighted by Crippen LogP contribution is -2.27. The van der Waals surface area contributed by atoms with E-state index in [1.165, 1.54) is 0 Å². The second-order valence-electron chi connectivity index (χ2n) is 3.95. The van der Waals surface area contributed by atoms with Crippen molar-refractivity contribution in [2.45, 2.75) is 26.2 Å². The minimum atomic E-state index is -0.163. The van der Waals surface area contributed by atoms with Crippen molar-refractivity contribution in [1.82, 2.24) is 15.1 Å². The van der Waals surface area contributed by atoms with Gasteiger partial charge in [-0.25, -0.2) is 0 Å². The number of aromatic nitrogens is 2. The molecule has 1 aromatic heterocycles. The van der Waals surface area contributed by atoms with Crippen molar-refractivity contribution >= 4 is 11.7 Å². The fraction of sp³-hybridized carbons (Fsp3) is 0.545. The van der Waals surface area contributed by atoms with Crippen LogP contribution in [0.2, 0.25) is 0 Å². The zero-order chi connectivity index (χ0) is 13.5. The number of amides is 1. The van der Waals surface area contributed by atoms with Crippen LogP contribution >= 0.6 is 0 Å². The lowest BCUT2D eigenvalue weighted by atomic mass is 10.2. The van der Waals surface area contributed by atoms with E-state index in [0.29, 0.717) is 25.1 Å². The van der Waals surface area contributed by atoms with Gasteiger partial charge in [-0.15, -0.1) is 0 Å². The molecule has 100 valence electrons. The SMILES string of the molecule is CCc1cc(C(=O)NCCCC(N)=NO)n(C)n1. The molecule has 0 aliphatic heterocycles. The summed E-state index contributed by atoms with van der Waals surface area (Å²) in [6.07, 6.45) is 1.87. The molecule has 0 saturated carbocycles. The third-order valence-corrected chi connectivity index (χ3v) is 2.55. The number of oxime groups is 1. The number of carbonyl (C=O) groups is 1. The molecular weight excluding hydrogens is 234 g/mol. The van der Waals surface area contributed by atoms with Gasteiger partial charge in [0.1, 0.15) is 11.5 Å². The molecule has 0 saturated heterocycles. The van der Waals surface area contributed by atoms with Crippen molar-refractivity contribution in [2.24, 2.45) is 17.9 Å². The average Bonchev–Trinajstić information content (AvgIpc) is 2.75. The monoisotopic (exact) mass is 253 g/mol. The van der Waals surface area contributed by atoms with E-state index >= 15 is 0 Å². The van der Waals surface area contributed by atoms with Crippen LogP contribution in [-0.4, -0.2) is 33.3 Å². The molecule has 0 aliphatic rings. The van der Waals surface area contributed by atoms with Gasteiger partial charge in [-0.1, -0.05) is 12.1 Å². The molecule has 0 radical (unpaired) electrons. The smallest absolute Gasteiger partial charge is 0.269 e. The first-order chi connectivity index (χ1) is 8.58. The summed E-state index contributed by atoms with van der Waals surface area (Å²) in [7, 11) is 1.74. The fourth-order valence-electron chi connectivity index (χ4n) is 1.52. The third kappa shape index (κ3) is 3.76. The Balaban J connectivity index is 2.43. The molecule has 4 N–H and O–H groups in total. The van der Waals surface area contributed by atoms with Gasteiger partial charge in [0.05, 0.1) is 5.69 Å². The largest absolute Gasteiger partial charge is 0.409 e. The Morgan fingerprint density at radius 2 is 2.39 bits per heavy atom. The molecule has 0 aromatic carbocycles. The number of nitrogens with zero attached hydrogens (tertiary/aromatic N) is 3. The highest BCUT2D eigenvalue weighted by Crippen LogP contribution is 2.03. The van der Waals surface area contributed by atoms with Crippen LogP contribution in [-0.2, 0) is 13.5 Å². The van der Waals surface area contributed by atoms with Crippen LogP contribution in [0, 0.1) is 0 Å². The Labute approximate surface area is 106 Å². The summed E-state index contributed by atoms with van der Waals surface area (Å²) >= 11 is 0. The molecule has 0 fully saturated rings. The number of amidine groups is 1. The zero-order valence-corrected chi connectivity index (χ0v) is 10.7. The van der Waals surface area contributed by atoms with Gasteiger partial charge in [0.15, 0.2) is 0 Å². The Morgan fingerprint density at radius 1 is 1.67 bits per heavy atom. The molecule has 0 unspecified atom stereocenters. The molecule has 0 spiro atoms. The summed E-state index contributed by atoms with van der Waals surface area (Å²) in [5.41, 5.74) is 6.75. The van der Waals surface area contributed by atoms with Gasteiger partial charge >= 0.3 is 0 Å². The fourth-order valence-corrected chi connectivity index (χ4v) is 1.52. The first kappa shape index (κ1) is 14.0. The number of aryl methyl sites for hydroxylation is 2. The summed E-state index contributed by atoms with van der Waals surface area (Å²) in [5, 5.41) is 18.2. The van der Waals surface area contributed by atoms with E-state index in [4.69, 9.17) is 10.9 Å². The molecule has 0 aliphatic carbocycles. The number of rotatable bonds is 6. The highest BCUT2D eigenvalue weighted by molar-refractivity contribution is 5.92. The minimum Gasteiger partial charge on any atom is -0.409 e. The standard InChI is InChI=1S/C11H19N5O2/c1-3-8-7-9(16(2)14-8)11(17)13-6-4-5-10(12)15-18/h7,18H,3-6H2,1-2H3,(H2,12,15)(H,13,17). The predicted octanol–water partition coefficient (Wildman–Crippen LogP) is 0.239. The summed E-state index contributed by atoms with van der Waals surface area (Å²) in [6, 6.07) is 1.78. The second kappa shape index (κ2) is 6.63. The van der Waals surface area contributed by atoms with Gasteiger partial charge < -0.3 is 16.3 Å². The Morgan fingerprint density at radius 3 is 2.94 bits per heavy atom. The van der Waals surface area contributed by atoms with Crippen molar-refractivity contribution in [2.75, 3.05) is 6.54 Å². The van der Waals surface area contributed by atoms with E-state index < -0.39 is 0 Å². The average molecular weight is 253 g/mol. The van der Waals surface area contributed by atoms with Crippen molar-refractivity contribution in [3.05, 3.63) is 17.5 Å². The molecule has 7 heteroatoms. The van der Waals surface area contributed by atoms with Gasteiger partial charge in [-0.05, 0) is 18.9 Å². The zero-order valence-electron chi connectivity index (χ0n) is 10.7. The first-order valence-corrected chi connectivity index (χ1v) is 5.86. The molecule has 7 nitrogen and oxygen atoms in total. The van der Waals surface area contributed by atoms with Gasteiger partial charge in [-0.2, -0.15) is 5.10 Å². The van der Waals surface area contributed by atoms with Crippen LogP contribution in [0.25, 0.3) is 0 Å². The van der Waals surface area contributed by atoms with E-state index in [0.717, 1.165) is 12.1 Å². The molecule has 18 heavy (non-hydrogen) atoms. The van der Waals surface area contributed by atoms with E-state index in [9.17, 15) is 4.79 Å². The van der Waals surface area contributed by atoms with E-state index in [2.05, 4.69) is 15.6 Å². The Hall–Kier alpha value is -2.05. The van der Waals surface area contributed by atoms with Gasteiger partial charge in [-0.3, -0.25) is 9.48 Å². The predicted molar refractivity (Wildman–Crippen MR) is 67.6 cm³/mol. The lowest BCUT2D eigenvalue weighted by Gasteiger charge is -2.04. The van der Waals surface area contributed by atoms with Crippen molar-refractivity contribution < 1.29 is 10.0 Å². The Kier molecular flexibility index (Phi) is 5.16. The van der Waals surface area contributed by atoms with Crippen LogP contribution in [0.5, 0.6) is 0 Å². The van der Waals surface area contributed by atoms with Crippen LogP contribution < -0.4 is 11.1 Å². The van der Waals surface area contributed by atoms with Crippen LogP contribution in [0.15, 0.2) is 11.2 Å². The highest BCUT2D eigenvalue weighted by atomic mass is 16.4. The number of carbonyl (C=O) groups excluding carboxylic acids is 1. The van der Waals surface area contributed by atoms with E-state index in [1.54, 1.807) is 17.8 Å². The maximum atomic E-state index is 11.8. The molecule has 0 atom stereocenters. The summed E-state index contributed by atoms with van der Waals surface area (Å²) in [6.45, 7) is 2.46. The van der Waals surface area contributed by atoms with Gasteiger partial charge in [0.25, 0.3) is 5.91 Å². The molecule has 1 aromatic rings. The quantitative estimate of drug-likeness (QED) is 0.222. The molecule has 1 heterocycles. The summed E-state index contributed by atoms with van der Waals surface area (Å²) in [4.78, 5) is 11.8. The maximum absolute atomic E-state index is 11.8. The van der Waals surface area contributed by atoms with Crippen LogP contribution in [0.3, 0.4) is 0 Å².